The van der Waals surface area contributed by atoms with E-state index in [1.54, 1.807) is 8.61 Å². The number of benzene rings is 4. The van der Waals surface area contributed by atoms with Crippen molar-refractivity contribution in [3.63, 3.8) is 0 Å². The molecule has 0 aliphatic carbocycles. The van der Waals surface area contributed by atoms with Crippen molar-refractivity contribution in [3.8, 4) is 0 Å². The molecule has 0 saturated carbocycles. The molecule has 4 atom stereocenters. The van der Waals surface area contributed by atoms with Gasteiger partial charge in [-0.3, -0.25) is 18.2 Å². The minimum atomic E-state index is -3.30. The van der Waals surface area contributed by atoms with Gasteiger partial charge in [-0.25, -0.2) is 8.61 Å². The molecule has 6 N–H and O–H groups in total. The Balaban J connectivity index is 0.00000433. The van der Waals surface area contributed by atoms with Crippen molar-refractivity contribution in [2.24, 2.45) is 5.92 Å². The summed E-state index contributed by atoms with van der Waals surface area (Å²) in [5.74, 6) is -0.107. The third kappa shape index (κ3) is 7.03. The van der Waals surface area contributed by atoms with Gasteiger partial charge >= 0.3 is 0 Å². The van der Waals surface area contributed by atoms with Crippen LogP contribution in [0.3, 0.4) is 0 Å². The highest BCUT2D eigenvalue weighted by atomic mass is 35.5. The lowest BCUT2D eigenvalue weighted by Gasteiger charge is -2.56. The largest absolute Gasteiger partial charge is 0.320 e. The lowest BCUT2D eigenvalue weighted by molar-refractivity contribution is 0.293. The quantitative estimate of drug-likeness (QED) is 0.0922. The van der Waals surface area contributed by atoms with Crippen LogP contribution < -0.4 is 19.2 Å². The van der Waals surface area contributed by atoms with Crippen LogP contribution in [0.15, 0.2) is 109 Å². The second-order valence-corrected chi connectivity index (χ2v) is 16.5. The third-order valence-corrected chi connectivity index (χ3v) is 14.1. The van der Waals surface area contributed by atoms with E-state index in [4.69, 9.17) is 0 Å². The number of nitrogens with zero attached hydrogens (tertiary/aromatic N) is 2. The average Bonchev–Trinajstić information content (AvgIpc) is 3.06. The van der Waals surface area contributed by atoms with Crippen molar-refractivity contribution >= 4 is 56.7 Å². The zero-order valence-corrected chi connectivity index (χ0v) is 29.3. The first kappa shape index (κ1) is 35.5. The molecule has 0 amide bonds. The first-order valence-electron chi connectivity index (χ1n) is 16.0. The Labute approximate surface area is 288 Å². The van der Waals surface area contributed by atoms with Crippen molar-refractivity contribution in [2.75, 3.05) is 29.3 Å². The predicted octanol–water partition coefficient (Wildman–Crippen LogP) is 8.86. The number of anilines is 4. The van der Waals surface area contributed by atoms with Gasteiger partial charge in [-0.1, -0.05) is 72.8 Å². The lowest BCUT2D eigenvalue weighted by atomic mass is 9.85. The van der Waals surface area contributed by atoms with Crippen LogP contribution in [0.5, 0.6) is 0 Å². The Morgan fingerprint density at radius 2 is 1.15 bits per heavy atom. The SMILES string of the molecule is CNCCC(C(CC[C@@H]1Cc2ccccc2N(c2ccccc2)S1(O)O)NC)[C@H]1Cc2ccccc2N(c2ccccc2)S1(O)O.Cl. The number of para-hydroxylation sites is 4. The summed E-state index contributed by atoms with van der Waals surface area (Å²) < 4.78 is 51.7. The third-order valence-electron chi connectivity index (χ3n) is 9.55. The minimum Gasteiger partial charge on any atom is -0.320 e. The van der Waals surface area contributed by atoms with Crippen LogP contribution in [0, 0.1) is 5.92 Å². The summed E-state index contributed by atoms with van der Waals surface area (Å²) in [6, 6.07) is 35.1. The average molecular weight is 699 g/mol. The van der Waals surface area contributed by atoms with Crippen LogP contribution >= 0.6 is 34.0 Å². The van der Waals surface area contributed by atoms with Gasteiger partial charge < -0.3 is 10.6 Å². The molecule has 8 nitrogen and oxygen atoms in total. The molecule has 0 bridgehead atoms. The summed E-state index contributed by atoms with van der Waals surface area (Å²) in [6.07, 6.45) is 3.05. The van der Waals surface area contributed by atoms with Gasteiger partial charge in [0, 0.05) is 6.04 Å². The Hall–Kier alpha value is -2.77. The molecule has 2 aliphatic rings. The van der Waals surface area contributed by atoms with Crippen LogP contribution in [-0.4, -0.2) is 55.4 Å². The Bertz CT molecular complexity index is 1600. The van der Waals surface area contributed by atoms with Crippen molar-refractivity contribution in [3.05, 3.63) is 120 Å². The topological polar surface area (TPSA) is 111 Å². The van der Waals surface area contributed by atoms with E-state index in [0.29, 0.717) is 25.7 Å². The molecule has 2 unspecified atom stereocenters. The molecule has 0 spiro atoms. The van der Waals surface area contributed by atoms with Crippen molar-refractivity contribution in [1.29, 1.82) is 0 Å². The van der Waals surface area contributed by atoms with Gasteiger partial charge in [-0.15, -0.1) is 34.0 Å². The molecule has 2 heterocycles. The fraction of sp³-hybridized carbons (Fsp3) is 0.333. The van der Waals surface area contributed by atoms with Gasteiger partial charge in [-0.05, 0) is 106 Å². The van der Waals surface area contributed by atoms with Crippen LogP contribution in [0.4, 0.5) is 22.7 Å². The zero-order valence-electron chi connectivity index (χ0n) is 26.9. The molecule has 0 radical (unpaired) electrons. The van der Waals surface area contributed by atoms with E-state index >= 15 is 0 Å². The van der Waals surface area contributed by atoms with Crippen molar-refractivity contribution in [2.45, 2.75) is 48.6 Å². The maximum atomic E-state index is 12.2. The van der Waals surface area contributed by atoms with Gasteiger partial charge in [0.05, 0.1) is 33.2 Å². The number of hydrogen-bond acceptors (Lipinski definition) is 8. The number of nitrogens with one attached hydrogen (secondary N) is 2. The Morgan fingerprint density at radius 3 is 1.68 bits per heavy atom. The standard InChI is InChI=1S/C36H46N4O4S2.ClH/c1-37-24-23-32(36-26-28-14-10-12-20-35(28)40(46(36,43)44)30-17-7-4-8-18-30)33(38-2)22-21-31-25-27-13-9-11-19-34(27)39(45(31,41)42)29-15-5-3-6-16-29;/h3-20,31-33,36-38,41-44H,21-26H2,1-2H3;1H/t31-,32?,33?,36-;/m1./s1. The summed E-state index contributed by atoms with van der Waals surface area (Å²) in [7, 11) is -2.67. The monoisotopic (exact) mass is 698 g/mol. The molecule has 0 aromatic heterocycles. The molecule has 0 fully saturated rings. The molecule has 4 aromatic carbocycles. The smallest absolute Gasteiger partial charge is 0.0776 e. The summed E-state index contributed by atoms with van der Waals surface area (Å²) >= 11 is 0. The maximum Gasteiger partial charge on any atom is 0.0776 e. The van der Waals surface area contributed by atoms with E-state index < -0.39 is 32.1 Å². The fourth-order valence-corrected chi connectivity index (χ4v) is 11.7. The normalized spacial score (nSPS) is 22.2. The molecule has 0 saturated heterocycles. The number of fused-ring (bicyclic) bond motifs is 2. The molecular weight excluding hydrogens is 652 g/mol. The maximum absolute atomic E-state index is 12.2. The Kier molecular flexibility index (Phi) is 11.5. The van der Waals surface area contributed by atoms with Gasteiger partial charge in [0.2, 0.25) is 0 Å². The highest BCUT2D eigenvalue weighted by Crippen LogP contribution is 2.63. The molecular formula is C36H47ClN4O4S2. The highest BCUT2D eigenvalue weighted by molar-refractivity contribution is 8.26. The Morgan fingerprint density at radius 1 is 0.660 bits per heavy atom. The summed E-state index contributed by atoms with van der Waals surface area (Å²) in [5, 5.41) is 5.98. The van der Waals surface area contributed by atoms with E-state index in [2.05, 4.69) is 22.8 Å². The van der Waals surface area contributed by atoms with E-state index in [9.17, 15) is 18.2 Å². The van der Waals surface area contributed by atoms with Crippen LogP contribution in [-0.2, 0) is 12.8 Å². The number of hydrogen-bond donors (Lipinski definition) is 6. The molecule has 6 rings (SSSR count). The predicted molar refractivity (Wildman–Crippen MR) is 202 cm³/mol. The molecule has 11 heteroatoms. The molecule has 2 aliphatic heterocycles. The molecule has 254 valence electrons. The molecule has 4 aromatic rings. The number of rotatable bonds is 11. The fourth-order valence-electron chi connectivity index (χ4n) is 7.28. The highest BCUT2D eigenvalue weighted by Gasteiger charge is 2.46. The van der Waals surface area contributed by atoms with Crippen molar-refractivity contribution in [1.82, 2.24) is 10.6 Å². The van der Waals surface area contributed by atoms with E-state index in [1.165, 1.54) is 0 Å². The summed E-state index contributed by atoms with van der Waals surface area (Å²) in [6.45, 7) is 0.718. The van der Waals surface area contributed by atoms with Crippen molar-refractivity contribution < 1.29 is 18.2 Å². The lowest BCUT2D eigenvalue weighted by Crippen LogP contribution is -2.49. The van der Waals surface area contributed by atoms with E-state index in [1.807, 2.05) is 111 Å². The second-order valence-electron chi connectivity index (χ2n) is 12.2. The first-order valence-corrected chi connectivity index (χ1v) is 19.1. The second kappa shape index (κ2) is 15.2. The first-order chi connectivity index (χ1) is 22.3. The van der Waals surface area contributed by atoms with Gasteiger partial charge in [0.25, 0.3) is 0 Å². The van der Waals surface area contributed by atoms with Crippen LogP contribution in [0.2, 0.25) is 0 Å². The van der Waals surface area contributed by atoms with E-state index in [-0.39, 0.29) is 24.4 Å². The van der Waals surface area contributed by atoms with Gasteiger partial charge in [0.1, 0.15) is 0 Å². The minimum absolute atomic E-state index is 0. The van der Waals surface area contributed by atoms with E-state index in [0.717, 1.165) is 46.8 Å². The van der Waals surface area contributed by atoms with Crippen LogP contribution in [0.1, 0.15) is 30.4 Å². The number of halogens is 1. The van der Waals surface area contributed by atoms with Gasteiger partial charge in [-0.2, -0.15) is 0 Å². The zero-order chi connectivity index (χ0) is 32.3. The van der Waals surface area contributed by atoms with Gasteiger partial charge in [0.15, 0.2) is 0 Å². The molecule has 47 heavy (non-hydrogen) atoms. The summed E-state index contributed by atoms with van der Waals surface area (Å²) in [4.78, 5) is 0. The van der Waals surface area contributed by atoms with Crippen LogP contribution in [0.25, 0.3) is 0 Å². The summed E-state index contributed by atoms with van der Waals surface area (Å²) in [5.41, 5.74) is 5.35.